The van der Waals surface area contributed by atoms with E-state index < -0.39 is 5.97 Å². The maximum absolute atomic E-state index is 11.6. The molecule has 0 unspecified atom stereocenters. The van der Waals surface area contributed by atoms with Crippen molar-refractivity contribution in [3.8, 4) is 0 Å². The van der Waals surface area contributed by atoms with Gasteiger partial charge in [0.1, 0.15) is 11.4 Å². The molecule has 0 radical (unpaired) electrons. The predicted octanol–water partition coefficient (Wildman–Crippen LogP) is 1.29. The van der Waals surface area contributed by atoms with Gasteiger partial charge >= 0.3 is 5.97 Å². The lowest BCUT2D eigenvalue weighted by Crippen LogP contribution is -2.28. The topological polar surface area (TPSA) is 68.5 Å². The predicted molar refractivity (Wildman–Crippen MR) is 63.5 cm³/mol. The first-order chi connectivity index (χ1) is 7.47. The number of hydrogen-bond acceptors (Lipinski definition) is 5. The number of nitrogens with two attached hydrogens (primary N) is 1. The van der Waals surface area contributed by atoms with Crippen LogP contribution in [-0.4, -0.2) is 31.2 Å². The van der Waals surface area contributed by atoms with E-state index in [1.54, 1.807) is 6.07 Å². The van der Waals surface area contributed by atoms with E-state index in [-0.39, 0.29) is 6.04 Å². The molecule has 1 aromatic rings. The zero-order valence-corrected chi connectivity index (χ0v) is 10.0. The van der Waals surface area contributed by atoms with Crippen LogP contribution in [0.4, 0.5) is 11.5 Å². The lowest BCUT2D eigenvalue weighted by Gasteiger charge is -2.24. The zero-order valence-electron chi connectivity index (χ0n) is 10.0. The third kappa shape index (κ3) is 2.42. The van der Waals surface area contributed by atoms with E-state index in [9.17, 15) is 4.79 Å². The number of pyridine rings is 1. The van der Waals surface area contributed by atoms with Crippen molar-refractivity contribution in [2.45, 2.75) is 19.9 Å². The molecular formula is C11H17N3O2. The number of hydrogen-bond donors (Lipinski definition) is 1. The van der Waals surface area contributed by atoms with Gasteiger partial charge in [-0.15, -0.1) is 0 Å². The Morgan fingerprint density at radius 2 is 2.19 bits per heavy atom. The second kappa shape index (κ2) is 4.83. The van der Waals surface area contributed by atoms with Gasteiger partial charge in [-0.3, -0.25) is 0 Å². The largest absolute Gasteiger partial charge is 0.465 e. The van der Waals surface area contributed by atoms with E-state index in [0.717, 1.165) is 0 Å². The number of esters is 1. The Balaban J connectivity index is 3.22. The first-order valence-corrected chi connectivity index (χ1v) is 5.04. The fraction of sp³-hybridized carbons (Fsp3) is 0.455. The third-order valence-electron chi connectivity index (χ3n) is 2.40. The normalized spacial score (nSPS) is 10.3. The first kappa shape index (κ1) is 12.3. The van der Waals surface area contributed by atoms with E-state index in [0.29, 0.717) is 17.1 Å². The van der Waals surface area contributed by atoms with Gasteiger partial charge in [-0.25, -0.2) is 9.78 Å². The van der Waals surface area contributed by atoms with E-state index in [4.69, 9.17) is 10.5 Å². The fourth-order valence-corrected chi connectivity index (χ4v) is 1.26. The van der Waals surface area contributed by atoms with Crippen LogP contribution in [0.1, 0.15) is 24.2 Å². The Hall–Kier alpha value is -1.78. The van der Waals surface area contributed by atoms with Gasteiger partial charge in [0.15, 0.2) is 0 Å². The van der Waals surface area contributed by atoms with Crippen molar-refractivity contribution in [3.05, 3.63) is 17.8 Å². The summed E-state index contributed by atoms with van der Waals surface area (Å²) in [6.07, 6.45) is 1.53. The molecule has 0 saturated heterocycles. The van der Waals surface area contributed by atoms with Crippen LogP contribution < -0.4 is 10.6 Å². The third-order valence-corrected chi connectivity index (χ3v) is 2.40. The first-order valence-electron chi connectivity index (χ1n) is 5.04. The number of nitrogens with zero attached hydrogens (tertiary/aromatic N) is 2. The van der Waals surface area contributed by atoms with Crippen molar-refractivity contribution in [2.75, 3.05) is 24.8 Å². The molecule has 0 saturated carbocycles. The van der Waals surface area contributed by atoms with Crippen LogP contribution >= 0.6 is 0 Å². The molecule has 0 aliphatic carbocycles. The highest BCUT2D eigenvalue weighted by Gasteiger charge is 2.18. The second-order valence-corrected chi connectivity index (χ2v) is 3.84. The molecule has 0 atom stereocenters. The summed E-state index contributed by atoms with van der Waals surface area (Å²) in [6, 6.07) is 1.81. The standard InChI is InChI=1S/C11H17N3O2/c1-7(2)14(3)10-9(11(15)16-4)5-8(12)6-13-10/h5-7H,12H2,1-4H3. The van der Waals surface area contributed by atoms with Crippen LogP contribution in [0.3, 0.4) is 0 Å². The summed E-state index contributed by atoms with van der Waals surface area (Å²) >= 11 is 0. The molecule has 0 amide bonds. The van der Waals surface area contributed by atoms with Gasteiger partial charge in [0, 0.05) is 13.1 Å². The summed E-state index contributed by atoms with van der Waals surface area (Å²) in [5.74, 6) is 0.151. The van der Waals surface area contributed by atoms with E-state index in [1.807, 2.05) is 25.8 Å². The molecule has 2 N–H and O–H groups in total. The van der Waals surface area contributed by atoms with Crippen LogP contribution in [0.5, 0.6) is 0 Å². The number of methoxy groups -OCH3 is 1. The molecule has 5 nitrogen and oxygen atoms in total. The molecule has 0 aliphatic rings. The molecule has 1 aromatic heterocycles. The molecule has 0 aliphatic heterocycles. The number of aromatic nitrogens is 1. The molecule has 16 heavy (non-hydrogen) atoms. The van der Waals surface area contributed by atoms with Crippen LogP contribution in [0, 0.1) is 0 Å². The Morgan fingerprint density at radius 1 is 1.56 bits per heavy atom. The number of ether oxygens (including phenoxy) is 1. The number of anilines is 2. The molecule has 0 fully saturated rings. The molecule has 1 heterocycles. The smallest absolute Gasteiger partial charge is 0.341 e. The summed E-state index contributed by atoms with van der Waals surface area (Å²) in [7, 11) is 3.21. The zero-order chi connectivity index (χ0) is 12.3. The van der Waals surface area contributed by atoms with E-state index >= 15 is 0 Å². The number of rotatable bonds is 3. The van der Waals surface area contributed by atoms with Gasteiger partial charge in [0.05, 0.1) is 19.0 Å². The minimum atomic E-state index is -0.428. The fourth-order valence-electron chi connectivity index (χ4n) is 1.26. The lowest BCUT2D eigenvalue weighted by molar-refractivity contribution is 0.0601. The summed E-state index contributed by atoms with van der Waals surface area (Å²) in [5.41, 5.74) is 6.44. The highest BCUT2D eigenvalue weighted by molar-refractivity contribution is 5.95. The van der Waals surface area contributed by atoms with Gasteiger partial charge in [-0.1, -0.05) is 0 Å². The Morgan fingerprint density at radius 3 is 2.69 bits per heavy atom. The van der Waals surface area contributed by atoms with Crippen LogP contribution in [-0.2, 0) is 4.74 Å². The summed E-state index contributed by atoms with van der Waals surface area (Å²) in [4.78, 5) is 17.6. The molecule has 0 spiro atoms. The lowest BCUT2D eigenvalue weighted by atomic mass is 10.2. The number of carbonyl (C=O) groups is 1. The molecule has 1 rings (SSSR count). The molecule has 88 valence electrons. The minimum Gasteiger partial charge on any atom is -0.465 e. The number of carbonyl (C=O) groups excluding carboxylic acids is 1. The summed E-state index contributed by atoms with van der Waals surface area (Å²) < 4.78 is 4.70. The Bertz CT molecular complexity index is 391. The number of nitrogen functional groups attached to an aromatic ring is 1. The average Bonchev–Trinajstić information content (AvgIpc) is 2.26. The highest BCUT2D eigenvalue weighted by atomic mass is 16.5. The van der Waals surface area contributed by atoms with Gasteiger partial charge in [-0.05, 0) is 19.9 Å². The van der Waals surface area contributed by atoms with Crippen molar-refractivity contribution < 1.29 is 9.53 Å². The second-order valence-electron chi connectivity index (χ2n) is 3.84. The van der Waals surface area contributed by atoms with Crippen molar-refractivity contribution in [2.24, 2.45) is 0 Å². The van der Waals surface area contributed by atoms with E-state index in [1.165, 1.54) is 13.3 Å². The van der Waals surface area contributed by atoms with Crippen molar-refractivity contribution in [1.82, 2.24) is 4.98 Å². The summed E-state index contributed by atoms with van der Waals surface area (Å²) in [5, 5.41) is 0. The molecular weight excluding hydrogens is 206 g/mol. The van der Waals surface area contributed by atoms with Gasteiger partial charge in [0.2, 0.25) is 0 Å². The highest BCUT2D eigenvalue weighted by Crippen LogP contribution is 2.21. The average molecular weight is 223 g/mol. The Kier molecular flexibility index (Phi) is 3.71. The van der Waals surface area contributed by atoms with E-state index in [2.05, 4.69) is 4.98 Å². The Labute approximate surface area is 95.2 Å². The maximum Gasteiger partial charge on any atom is 0.341 e. The monoisotopic (exact) mass is 223 g/mol. The molecule has 5 heteroatoms. The minimum absolute atomic E-state index is 0.236. The maximum atomic E-state index is 11.6. The SMILES string of the molecule is COC(=O)c1cc(N)cnc1N(C)C(C)C. The van der Waals surface area contributed by atoms with Crippen molar-refractivity contribution >= 4 is 17.5 Å². The van der Waals surface area contributed by atoms with Crippen LogP contribution in [0.2, 0.25) is 0 Å². The van der Waals surface area contributed by atoms with Crippen molar-refractivity contribution in [3.63, 3.8) is 0 Å². The van der Waals surface area contributed by atoms with Gasteiger partial charge in [-0.2, -0.15) is 0 Å². The summed E-state index contributed by atoms with van der Waals surface area (Å²) in [6.45, 7) is 4.03. The van der Waals surface area contributed by atoms with Crippen molar-refractivity contribution in [1.29, 1.82) is 0 Å². The van der Waals surface area contributed by atoms with Gasteiger partial charge < -0.3 is 15.4 Å². The van der Waals surface area contributed by atoms with Crippen LogP contribution in [0.15, 0.2) is 12.3 Å². The van der Waals surface area contributed by atoms with Crippen LogP contribution in [0.25, 0.3) is 0 Å². The molecule has 0 aromatic carbocycles. The molecule has 0 bridgehead atoms. The quantitative estimate of drug-likeness (QED) is 0.782. The van der Waals surface area contributed by atoms with Gasteiger partial charge in [0.25, 0.3) is 0 Å².